The van der Waals surface area contributed by atoms with Crippen LogP contribution in [0.4, 0.5) is 10.1 Å². The second-order valence-corrected chi connectivity index (χ2v) is 8.79. The molecule has 29 heavy (non-hydrogen) atoms. The number of hydrogen-bond acceptors (Lipinski definition) is 5. The summed E-state index contributed by atoms with van der Waals surface area (Å²) >= 11 is 9.78. The van der Waals surface area contributed by atoms with Crippen molar-refractivity contribution in [2.45, 2.75) is 12.8 Å². The van der Waals surface area contributed by atoms with Crippen molar-refractivity contribution in [1.82, 2.24) is 4.90 Å². The maximum absolute atomic E-state index is 12.9. The highest BCUT2D eigenvalue weighted by Crippen LogP contribution is 2.34. The lowest BCUT2D eigenvalue weighted by Gasteiger charge is -2.14. The van der Waals surface area contributed by atoms with E-state index >= 15 is 0 Å². The number of rotatable bonds is 6. The summed E-state index contributed by atoms with van der Waals surface area (Å²) in [6.45, 7) is 0.309. The predicted molar refractivity (Wildman–Crippen MR) is 120 cm³/mol. The fraction of sp³-hybridized carbons (Fsp3) is 0.150. The van der Waals surface area contributed by atoms with Crippen LogP contribution in [0.15, 0.2) is 51.8 Å². The molecule has 2 aromatic carbocycles. The van der Waals surface area contributed by atoms with E-state index < -0.39 is 0 Å². The van der Waals surface area contributed by atoms with Crippen LogP contribution < -0.4 is 5.32 Å². The van der Waals surface area contributed by atoms with Gasteiger partial charge in [-0.25, -0.2) is 4.39 Å². The van der Waals surface area contributed by atoms with Gasteiger partial charge in [-0.1, -0.05) is 39.9 Å². The van der Waals surface area contributed by atoms with Crippen molar-refractivity contribution in [3.05, 3.63) is 63.2 Å². The van der Waals surface area contributed by atoms with Crippen molar-refractivity contribution in [2.24, 2.45) is 0 Å². The van der Waals surface area contributed by atoms with E-state index in [1.165, 1.54) is 35.2 Å². The van der Waals surface area contributed by atoms with E-state index in [9.17, 15) is 19.1 Å². The molecule has 2 N–H and O–H groups in total. The van der Waals surface area contributed by atoms with Gasteiger partial charge in [0.15, 0.2) is 0 Å². The van der Waals surface area contributed by atoms with E-state index in [0.29, 0.717) is 33.4 Å². The third-order valence-electron chi connectivity index (χ3n) is 4.06. The third-order valence-corrected chi connectivity index (χ3v) is 5.93. The molecule has 5 nitrogen and oxygen atoms in total. The summed E-state index contributed by atoms with van der Waals surface area (Å²) in [4.78, 5) is 26.5. The Bertz CT molecular complexity index is 996. The zero-order valence-electron chi connectivity index (χ0n) is 15.0. The Morgan fingerprint density at radius 3 is 2.72 bits per heavy atom. The normalized spacial score (nSPS) is 15.2. The second kappa shape index (κ2) is 9.51. The molecule has 2 amide bonds. The van der Waals surface area contributed by atoms with Crippen LogP contribution in [0.5, 0.6) is 5.75 Å². The molecule has 1 aliphatic rings. The van der Waals surface area contributed by atoms with Gasteiger partial charge >= 0.3 is 0 Å². The number of nitrogens with zero attached hydrogens (tertiary/aromatic N) is 1. The number of nitrogens with one attached hydrogen (secondary N) is 1. The first-order valence-electron chi connectivity index (χ1n) is 8.63. The molecular weight excluding hydrogens is 479 g/mol. The summed E-state index contributed by atoms with van der Waals surface area (Å²) in [5.74, 6) is -0.785. The Morgan fingerprint density at radius 1 is 1.28 bits per heavy atom. The number of carbonyl (C=O) groups excluding carboxylic acids is 2. The Kier molecular flexibility index (Phi) is 7.05. The van der Waals surface area contributed by atoms with Gasteiger partial charge < -0.3 is 10.4 Å². The van der Waals surface area contributed by atoms with E-state index in [2.05, 4.69) is 21.2 Å². The van der Waals surface area contributed by atoms with Crippen molar-refractivity contribution >= 4 is 67.8 Å². The van der Waals surface area contributed by atoms with Crippen LogP contribution in [0.2, 0.25) is 0 Å². The SMILES string of the molecule is O=C(CCCN1C(=O)/C(=C/c2cc(Br)ccc2O)SC1=S)Nc1ccc(F)cc1. The van der Waals surface area contributed by atoms with E-state index in [0.717, 1.165) is 16.2 Å². The standard InChI is InChI=1S/C20H16BrFN2O3S2/c21-13-3-8-16(25)12(10-13)11-17-19(27)24(20(28)29-17)9-1-2-18(26)23-15-6-4-14(22)5-7-15/h3-8,10-11,25H,1-2,9H2,(H,23,26)/b17-11-. The minimum absolute atomic E-state index is 0.0657. The molecule has 0 atom stereocenters. The van der Waals surface area contributed by atoms with E-state index in [1.807, 2.05) is 0 Å². The highest BCUT2D eigenvalue weighted by Gasteiger charge is 2.31. The average Bonchev–Trinajstić information content (AvgIpc) is 2.94. The summed E-state index contributed by atoms with van der Waals surface area (Å²) in [7, 11) is 0. The molecule has 0 saturated carbocycles. The predicted octanol–water partition coefficient (Wildman–Crippen LogP) is 4.91. The molecule has 0 radical (unpaired) electrons. The molecular formula is C20H16BrFN2O3S2. The number of phenols is 1. The van der Waals surface area contributed by atoms with Crippen LogP contribution in [-0.4, -0.2) is 32.7 Å². The summed E-state index contributed by atoms with van der Waals surface area (Å²) < 4.78 is 14.1. The maximum Gasteiger partial charge on any atom is 0.266 e. The number of benzene rings is 2. The molecule has 0 aromatic heterocycles. The molecule has 1 saturated heterocycles. The molecule has 1 heterocycles. The van der Waals surface area contributed by atoms with Crippen LogP contribution in [0.3, 0.4) is 0 Å². The van der Waals surface area contributed by atoms with Gasteiger partial charge in [0.1, 0.15) is 15.9 Å². The summed E-state index contributed by atoms with van der Waals surface area (Å²) in [6.07, 6.45) is 2.22. The quantitative estimate of drug-likeness (QED) is 0.440. The van der Waals surface area contributed by atoms with Gasteiger partial charge in [0, 0.05) is 28.7 Å². The fourth-order valence-electron chi connectivity index (χ4n) is 2.63. The highest BCUT2D eigenvalue weighted by molar-refractivity contribution is 9.10. The van der Waals surface area contributed by atoms with Gasteiger partial charge in [-0.2, -0.15) is 0 Å². The summed E-state index contributed by atoms with van der Waals surface area (Å²) in [5.41, 5.74) is 1.03. The lowest BCUT2D eigenvalue weighted by atomic mass is 10.2. The molecule has 0 unspecified atom stereocenters. The number of carbonyl (C=O) groups is 2. The topological polar surface area (TPSA) is 69.6 Å². The first-order valence-corrected chi connectivity index (χ1v) is 10.6. The van der Waals surface area contributed by atoms with Gasteiger partial charge in [0.05, 0.1) is 4.91 Å². The number of anilines is 1. The molecule has 2 aromatic rings. The van der Waals surface area contributed by atoms with Crippen molar-refractivity contribution < 1.29 is 19.1 Å². The molecule has 9 heteroatoms. The number of aromatic hydroxyl groups is 1. The lowest BCUT2D eigenvalue weighted by Crippen LogP contribution is -2.29. The van der Waals surface area contributed by atoms with E-state index in [1.54, 1.807) is 18.2 Å². The van der Waals surface area contributed by atoms with Crippen LogP contribution in [0.25, 0.3) is 6.08 Å². The first-order chi connectivity index (χ1) is 13.8. The number of thioether (sulfide) groups is 1. The molecule has 150 valence electrons. The van der Waals surface area contributed by atoms with Crippen molar-refractivity contribution in [3.8, 4) is 5.75 Å². The highest BCUT2D eigenvalue weighted by atomic mass is 79.9. The van der Waals surface area contributed by atoms with Crippen LogP contribution in [-0.2, 0) is 9.59 Å². The van der Waals surface area contributed by atoms with E-state index in [4.69, 9.17) is 12.2 Å². The van der Waals surface area contributed by atoms with Gasteiger partial charge in [-0.3, -0.25) is 14.5 Å². The lowest BCUT2D eigenvalue weighted by molar-refractivity contribution is -0.122. The zero-order chi connectivity index (χ0) is 21.0. The van der Waals surface area contributed by atoms with Crippen molar-refractivity contribution in [2.75, 3.05) is 11.9 Å². The van der Waals surface area contributed by atoms with E-state index in [-0.39, 0.29) is 29.8 Å². The molecule has 0 spiro atoms. The Morgan fingerprint density at radius 2 is 2.00 bits per heavy atom. The Balaban J connectivity index is 1.56. The molecule has 3 rings (SSSR count). The Hall–Kier alpha value is -2.23. The average molecular weight is 495 g/mol. The fourth-order valence-corrected chi connectivity index (χ4v) is 4.31. The largest absolute Gasteiger partial charge is 0.507 e. The number of amides is 2. The molecule has 0 bridgehead atoms. The summed E-state index contributed by atoms with van der Waals surface area (Å²) in [5, 5.41) is 12.6. The van der Waals surface area contributed by atoms with Gasteiger partial charge in [-0.05, 0) is 55.0 Å². The molecule has 1 aliphatic heterocycles. The number of phenolic OH excluding ortho intramolecular Hbond substituents is 1. The summed E-state index contributed by atoms with van der Waals surface area (Å²) in [6, 6.07) is 10.5. The van der Waals surface area contributed by atoms with Crippen LogP contribution in [0.1, 0.15) is 18.4 Å². The maximum atomic E-state index is 12.9. The van der Waals surface area contributed by atoms with Crippen LogP contribution in [0, 0.1) is 5.82 Å². The first kappa shape index (κ1) is 21.5. The smallest absolute Gasteiger partial charge is 0.266 e. The van der Waals surface area contributed by atoms with Gasteiger partial charge in [-0.15, -0.1) is 0 Å². The van der Waals surface area contributed by atoms with Gasteiger partial charge in [0.25, 0.3) is 5.91 Å². The molecule has 0 aliphatic carbocycles. The minimum Gasteiger partial charge on any atom is -0.507 e. The number of hydrogen-bond donors (Lipinski definition) is 2. The van der Waals surface area contributed by atoms with Gasteiger partial charge in [0.2, 0.25) is 5.91 Å². The second-order valence-electron chi connectivity index (χ2n) is 6.20. The number of thiocarbonyl (C=S) groups is 1. The minimum atomic E-state index is -0.374. The monoisotopic (exact) mass is 494 g/mol. The Labute approximate surface area is 185 Å². The van der Waals surface area contributed by atoms with Crippen LogP contribution >= 0.6 is 39.9 Å². The van der Waals surface area contributed by atoms with Crippen molar-refractivity contribution in [3.63, 3.8) is 0 Å². The van der Waals surface area contributed by atoms with Crippen molar-refractivity contribution in [1.29, 1.82) is 0 Å². The number of halogens is 2. The molecule has 1 fully saturated rings. The third kappa shape index (κ3) is 5.65. The zero-order valence-corrected chi connectivity index (χ0v) is 18.2.